The van der Waals surface area contributed by atoms with Gasteiger partial charge in [-0.05, 0) is 37.8 Å². The Morgan fingerprint density at radius 3 is 2.84 bits per heavy atom. The number of carboxylic acids is 1. The third-order valence-corrected chi connectivity index (χ3v) is 6.68. The molecule has 0 saturated heterocycles. The van der Waals surface area contributed by atoms with Gasteiger partial charge in [0, 0.05) is 17.3 Å². The Morgan fingerprint density at radius 2 is 2.16 bits per heavy atom. The molecule has 0 unspecified atom stereocenters. The van der Waals surface area contributed by atoms with Crippen molar-refractivity contribution in [1.29, 1.82) is 0 Å². The molecule has 1 aromatic carbocycles. The summed E-state index contributed by atoms with van der Waals surface area (Å²) < 4.78 is 17.2. The SMILES string of the molecule is CCc1c(C(=O)O)c(=O)c2cc(F)c3c(c2n1C1CC1)N=c1[nH]c2c(c1N3)CC=CC=2Cl. The maximum atomic E-state index is 15.3. The molecule has 1 aliphatic heterocycles. The Balaban J connectivity index is 1.79. The zero-order valence-electron chi connectivity index (χ0n) is 17.1. The van der Waals surface area contributed by atoms with Gasteiger partial charge in [0.15, 0.2) is 5.49 Å². The molecule has 0 atom stereocenters. The molecule has 0 spiro atoms. The summed E-state index contributed by atoms with van der Waals surface area (Å²) in [6.07, 6.45) is 6.45. The largest absolute Gasteiger partial charge is 0.477 e. The van der Waals surface area contributed by atoms with E-state index in [0.717, 1.165) is 29.8 Å². The molecule has 7 nitrogen and oxygen atoms in total. The molecule has 3 N–H and O–H groups in total. The zero-order valence-corrected chi connectivity index (χ0v) is 17.8. The number of fused-ring (bicyclic) bond motifs is 6. The number of aromatic nitrogens is 2. The Kier molecular flexibility index (Phi) is 3.96. The molecule has 0 bridgehead atoms. The predicted octanol–water partition coefficient (Wildman–Crippen LogP) is 3.53. The number of nitrogens with one attached hydrogen (secondary N) is 2. The van der Waals surface area contributed by atoms with Gasteiger partial charge < -0.3 is 20.0 Å². The number of aromatic carboxylic acids is 1. The standard InChI is InChI=1S/C23H18ClFN4O3/c1-2-14-15(23(31)32)21(30)11-8-13(25)18-19(20(11)29(14)9-6-7-9)28-22-17(26-18)10-4-3-5-12(24)16(10)27-22/h3,5,8-9,26H,2,4,6-7H2,1H3,(H,27,28)(H,31,32). The minimum absolute atomic E-state index is 0.0272. The van der Waals surface area contributed by atoms with E-state index in [2.05, 4.69) is 10.3 Å². The van der Waals surface area contributed by atoms with Gasteiger partial charge in [0.2, 0.25) is 5.43 Å². The van der Waals surface area contributed by atoms with Gasteiger partial charge in [-0.3, -0.25) is 4.79 Å². The number of rotatable bonds is 3. The average Bonchev–Trinajstić information content (AvgIpc) is 3.53. The highest BCUT2D eigenvalue weighted by molar-refractivity contribution is 6.47. The van der Waals surface area contributed by atoms with Crippen LogP contribution in [0.4, 0.5) is 21.5 Å². The summed E-state index contributed by atoms with van der Waals surface area (Å²) >= 11 is 6.34. The second kappa shape index (κ2) is 6.56. The van der Waals surface area contributed by atoms with Crippen LogP contribution in [-0.2, 0) is 12.8 Å². The summed E-state index contributed by atoms with van der Waals surface area (Å²) in [5.41, 5.74) is 2.47. The topological polar surface area (TPSA) is 99.5 Å². The highest BCUT2D eigenvalue weighted by Crippen LogP contribution is 2.45. The first-order chi connectivity index (χ1) is 15.4. The number of anilines is 2. The van der Waals surface area contributed by atoms with Crippen molar-refractivity contribution in [3.63, 3.8) is 0 Å². The van der Waals surface area contributed by atoms with E-state index < -0.39 is 17.2 Å². The summed E-state index contributed by atoms with van der Waals surface area (Å²) in [7, 11) is 0. The van der Waals surface area contributed by atoms with Crippen LogP contribution < -0.4 is 21.6 Å². The normalized spacial score (nSPS) is 16.3. The van der Waals surface area contributed by atoms with Crippen molar-refractivity contribution in [1.82, 2.24) is 9.55 Å². The minimum atomic E-state index is -1.30. The van der Waals surface area contributed by atoms with Crippen molar-refractivity contribution in [2.24, 2.45) is 4.99 Å². The zero-order chi connectivity index (χ0) is 22.3. The van der Waals surface area contributed by atoms with E-state index in [9.17, 15) is 14.7 Å². The van der Waals surface area contributed by atoms with Gasteiger partial charge in [-0.1, -0.05) is 24.6 Å². The van der Waals surface area contributed by atoms with Gasteiger partial charge in [-0.2, -0.15) is 0 Å². The van der Waals surface area contributed by atoms with E-state index >= 15 is 4.39 Å². The number of hydrogen-bond donors (Lipinski definition) is 3. The molecule has 3 aromatic rings. The molecule has 2 aromatic heterocycles. The summed E-state index contributed by atoms with van der Waals surface area (Å²) in [6, 6.07) is 1.19. The van der Waals surface area contributed by atoms with E-state index in [1.807, 2.05) is 17.6 Å². The Morgan fingerprint density at radius 1 is 1.38 bits per heavy atom. The van der Waals surface area contributed by atoms with Crippen molar-refractivity contribution >= 4 is 50.6 Å². The summed E-state index contributed by atoms with van der Waals surface area (Å²) in [4.78, 5) is 33.1. The van der Waals surface area contributed by atoms with Crippen LogP contribution in [0.15, 0.2) is 28.0 Å². The lowest BCUT2D eigenvalue weighted by molar-refractivity contribution is 0.0693. The average molecular weight is 453 g/mol. The highest BCUT2D eigenvalue weighted by Gasteiger charge is 2.34. The second-order valence-electron chi connectivity index (χ2n) is 8.28. The van der Waals surface area contributed by atoms with Crippen LogP contribution in [0.2, 0.25) is 0 Å². The molecule has 1 saturated carbocycles. The van der Waals surface area contributed by atoms with E-state index in [-0.39, 0.29) is 22.7 Å². The molecule has 3 aliphatic rings. The smallest absolute Gasteiger partial charge is 0.341 e. The molecular weight excluding hydrogens is 435 g/mol. The number of pyridine rings is 1. The van der Waals surface area contributed by atoms with Gasteiger partial charge >= 0.3 is 5.97 Å². The van der Waals surface area contributed by atoms with Crippen molar-refractivity contribution in [2.75, 3.05) is 5.32 Å². The third-order valence-electron chi connectivity index (χ3n) is 6.36. The Hall–Kier alpha value is -3.39. The van der Waals surface area contributed by atoms with E-state index in [1.165, 1.54) is 0 Å². The molecule has 162 valence electrons. The fraction of sp³-hybridized carbons (Fsp3) is 0.261. The number of halogens is 2. The maximum Gasteiger partial charge on any atom is 0.341 e. The van der Waals surface area contributed by atoms with Crippen LogP contribution in [0.25, 0.3) is 15.9 Å². The minimum Gasteiger partial charge on any atom is -0.477 e. The van der Waals surface area contributed by atoms with Crippen LogP contribution in [0.5, 0.6) is 0 Å². The summed E-state index contributed by atoms with van der Waals surface area (Å²) in [6.45, 7) is 1.82. The quantitative estimate of drug-likeness (QED) is 0.442. The van der Waals surface area contributed by atoms with E-state index in [0.29, 0.717) is 45.9 Å². The molecular formula is C23H18ClFN4O3. The van der Waals surface area contributed by atoms with E-state index in [1.54, 1.807) is 6.08 Å². The van der Waals surface area contributed by atoms with Crippen LogP contribution in [0.3, 0.4) is 0 Å². The molecule has 3 heterocycles. The monoisotopic (exact) mass is 452 g/mol. The first kappa shape index (κ1) is 19.3. The number of carboxylic acid groups (broad SMARTS) is 1. The number of benzene rings is 1. The Bertz CT molecular complexity index is 1590. The fourth-order valence-electron chi connectivity index (χ4n) is 4.85. The van der Waals surface area contributed by atoms with Gasteiger partial charge in [0.25, 0.3) is 0 Å². The number of H-pyrrole nitrogens is 1. The van der Waals surface area contributed by atoms with Crippen molar-refractivity contribution in [3.8, 4) is 0 Å². The first-order valence-electron chi connectivity index (χ1n) is 10.5. The van der Waals surface area contributed by atoms with Crippen molar-refractivity contribution < 1.29 is 14.3 Å². The van der Waals surface area contributed by atoms with E-state index in [4.69, 9.17) is 16.6 Å². The van der Waals surface area contributed by atoms with Crippen LogP contribution >= 0.6 is 11.6 Å². The number of allylic oxidation sites excluding steroid dienone is 2. The van der Waals surface area contributed by atoms with Gasteiger partial charge in [-0.25, -0.2) is 14.2 Å². The fourth-order valence-corrected chi connectivity index (χ4v) is 5.10. The lowest BCUT2D eigenvalue weighted by atomic mass is 10.0. The van der Waals surface area contributed by atoms with Crippen LogP contribution in [-0.4, -0.2) is 20.6 Å². The molecule has 32 heavy (non-hydrogen) atoms. The molecule has 1 fully saturated rings. The predicted molar refractivity (Wildman–Crippen MR) is 119 cm³/mol. The number of aromatic amines is 1. The van der Waals surface area contributed by atoms with Gasteiger partial charge in [0.1, 0.15) is 22.8 Å². The molecule has 6 rings (SSSR count). The summed E-state index contributed by atoms with van der Waals surface area (Å²) in [5.74, 6) is -1.95. The highest BCUT2D eigenvalue weighted by atomic mass is 35.5. The molecule has 2 aliphatic carbocycles. The number of carbonyl (C=O) groups is 1. The lowest BCUT2D eigenvalue weighted by Gasteiger charge is -2.23. The first-order valence-corrected chi connectivity index (χ1v) is 10.9. The van der Waals surface area contributed by atoms with Crippen molar-refractivity contribution in [2.45, 2.75) is 38.6 Å². The summed E-state index contributed by atoms with van der Waals surface area (Å²) in [5, 5.41) is 14.2. The molecule has 9 heteroatoms. The lowest BCUT2D eigenvalue weighted by Crippen LogP contribution is -2.25. The number of nitrogens with zero attached hydrogens (tertiary/aromatic N) is 2. The van der Waals surface area contributed by atoms with Gasteiger partial charge in [-0.15, -0.1) is 0 Å². The van der Waals surface area contributed by atoms with Crippen LogP contribution in [0, 0.1) is 5.82 Å². The third kappa shape index (κ3) is 2.50. The second-order valence-corrected chi connectivity index (χ2v) is 8.69. The molecule has 0 amide bonds. The van der Waals surface area contributed by atoms with Crippen molar-refractivity contribution in [3.05, 3.63) is 61.9 Å². The van der Waals surface area contributed by atoms with Crippen LogP contribution in [0.1, 0.15) is 47.4 Å². The number of hydrogen-bond acceptors (Lipinski definition) is 4. The van der Waals surface area contributed by atoms with Gasteiger partial charge in [0.05, 0.1) is 27.0 Å². The maximum absolute atomic E-state index is 15.3. The Labute approximate surface area is 185 Å². The molecule has 0 radical (unpaired) electrons.